The predicted molar refractivity (Wildman–Crippen MR) is 85.7 cm³/mol. The summed E-state index contributed by atoms with van der Waals surface area (Å²) in [5.41, 5.74) is 3.16. The number of hydrogen-bond donors (Lipinski definition) is 1. The molecule has 1 N–H and O–H groups in total. The molecule has 1 unspecified atom stereocenters. The van der Waals surface area contributed by atoms with E-state index in [4.69, 9.17) is 0 Å². The first-order chi connectivity index (χ1) is 9.92. The molecule has 0 saturated heterocycles. The highest BCUT2D eigenvalue weighted by molar-refractivity contribution is 7.89. The molecule has 0 heterocycles. The van der Waals surface area contributed by atoms with Crippen molar-refractivity contribution < 1.29 is 8.42 Å². The number of benzene rings is 2. The number of aryl methyl sites for hydroxylation is 2. The van der Waals surface area contributed by atoms with E-state index in [9.17, 15) is 8.42 Å². The van der Waals surface area contributed by atoms with Crippen molar-refractivity contribution >= 4 is 10.0 Å². The van der Waals surface area contributed by atoms with Crippen LogP contribution in [0.2, 0.25) is 0 Å². The second-order valence-corrected chi connectivity index (χ2v) is 7.02. The van der Waals surface area contributed by atoms with Crippen LogP contribution in [-0.2, 0) is 10.0 Å². The molecular weight excluding hydrogens is 282 g/mol. The molecule has 0 bridgehead atoms. The number of nitrogens with one attached hydrogen (secondary N) is 1. The fraction of sp³-hybridized carbons (Fsp3) is 0.294. The smallest absolute Gasteiger partial charge is 0.207 e. The molecule has 0 saturated carbocycles. The van der Waals surface area contributed by atoms with Gasteiger partial charge in [0, 0.05) is 6.04 Å². The van der Waals surface area contributed by atoms with Crippen LogP contribution in [0.3, 0.4) is 0 Å². The highest BCUT2D eigenvalue weighted by Gasteiger charge is 2.20. The Morgan fingerprint density at radius 3 is 2.24 bits per heavy atom. The first kappa shape index (κ1) is 15.7. The molecule has 0 spiro atoms. The molecule has 3 nitrogen and oxygen atoms in total. The molecule has 0 aliphatic carbocycles. The minimum Gasteiger partial charge on any atom is -0.207 e. The van der Waals surface area contributed by atoms with Crippen molar-refractivity contribution in [2.45, 2.75) is 38.1 Å². The summed E-state index contributed by atoms with van der Waals surface area (Å²) in [7, 11) is -3.50. The van der Waals surface area contributed by atoms with Gasteiger partial charge in [-0.1, -0.05) is 54.4 Å². The molecule has 0 fully saturated rings. The van der Waals surface area contributed by atoms with Crippen LogP contribution in [0.15, 0.2) is 53.4 Å². The second-order valence-electron chi connectivity index (χ2n) is 5.31. The molecule has 2 aromatic rings. The fourth-order valence-corrected chi connectivity index (χ4v) is 3.55. The second kappa shape index (κ2) is 6.41. The highest BCUT2D eigenvalue weighted by atomic mass is 32.2. The molecule has 112 valence electrons. The maximum absolute atomic E-state index is 12.5. The lowest BCUT2D eigenvalue weighted by atomic mass is 10.0. The third-order valence-electron chi connectivity index (χ3n) is 3.48. The minimum absolute atomic E-state index is 0.212. The van der Waals surface area contributed by atoms with Crippen molar-refractivity contribution in [1.29, 1.82) is 0 Å². The third-order valence-corrected chi connectivity index (χ3v) is 4.97. The summed E-state index contributed by atoms with van der Waals surface area (Å²) in [5, 5.41) is 0. The Morgan fingerprint density at radius 1 is 1.00 bits per heavy atom. The average molecular weight is 303 g/mol. The molecule has 1 atom stereocenters. The standard InChI is InChI=1S/C17H21NO2S/c1-4-17(15-7-5-6-14(3)12-15)18-21(19,20)16-10-8-13(2)9-11-16/h5-12,17-18H,4H2,1-3H3. The van der Waals surface area contributed by atoms with Gasteiger partial charge in [0.1, 0.15) is 0 Å². The lowest BCUT2D eigenvalue weighted by Gasteiger charge is -2.18. The summed E-state index contributed by atoms with van der Waals surface area (Å²) in [6, 6.07) is 14.6. The lowest BCUT2D eigenvalue weighted by molar-refractivity contribution is 0.550. The maximum atomic E-state index is 12.5. The van der Waals surface area contributed by atoms with Crippen LogP contribution >= 0.6 is 0 Å². The van der Waals surface area contributed by atoms with Crippen LogP contribution in [-0.4, -0.2) is 8.42 Å². The van der Waals surface area contributed by atoms with Gasteiger partial charge in [0.25, 0.3) is 0 Å². The topological polar surface area (TPSA) is 46.2 Å². The van der Waals surface area contributed by atoms with E-state index in [0.29, 0.717) is 11.3 Å². The van der Waals surface area contributed by atoms with Crippen LogP contribution in [0.25, 0.3) is 0 Å². The fourth-order valence-electron chi connectivity index (χ4n) is 2.25. The SMILES string of the molecule is CCC(NS(=O)(=O)c1ccc(C)cc1)c1cccc(C)c1. The monoisotopic (exact) mass is 303 g/mol. The van der Waals surface area contributed by atoms with Gasteiger partial charge in [-0.2, -0.15) is 0 Å². The Morgan fingerprint density at radius 2 is 1.67 bits per heavy atom. The van der Waals surface area contributed by atoms with Gasteiger partial charge < -0.3 is 0 Å². The van der Waals surface area contributed by atoms with Gasteiger partial charge in [0.05, 0.1) is 4.90 Å². The quantitative estimate of drug-likeness (QED) is 0.914. The van der Waals surface area contributed by atoms with Crippen LogP contribution < -0.4 is 4.72 Å². The average Bonchev–Trinajstić information content (AvgIpc) is 2.45. The van der Waals surface area contributed by atoms with E-state index >= 15 is 0 Å². The summed E-state index contributed by atoms with van der Waals surface area (Å²) in [5.74, 6) is 0. The number of hydrogen-bond acceptors (Lipinski definition) is 2. The molecule has 0 aliphatic rings. The minimum atomic E-state index is -3.50. The van der Waals surface area contributed by atoms with E-state index in [1.807, 2.05) is 57.2 Å². The van der Waals surface area contributed by atoms with Crippen molar-refractivity contribution in [2.75, 3.05) is 0 Å². The van der Waals surface area contributed by atoms with Crippen molar-refractivity contribution in [3.8, 4) is 0 Å². The van der Waals surface area contributed by atoms with E-state index in [2.05, 4.69) is 4.72 Å². The Bertz CT molecular complexity index is 706. The molecular formula is C17H21NO2S. The maximum Gasteiger partial charge on any atom is 0.241 e. The number of sulfonamides is 1. The van der Waals surface area contributed by atoms with Gasteiger partial charge in [0.2, 0.25) is 10.0 Å². The van der Waals surface area contributed by atoms with Crippen LogP contribution in [0, 0.1) is 13.8 Å². The molecule has 4 heteroatoms. The largest absolute Gasteiger partial charge is 0.241 e. The third kappa shape index (κ3) is 3.93. The van der Waals surface area contributed by atoms with Gasteiger partial charge in [-0.15, -0.1) is 0 Å². The van der Waals surface area contributed by atoms with Crippen LogP contribution in [0.1, 0.15) is 36.1 Å². The Hall–Kier alpha value is -1.65. The molecule has 0 aliphatic heterocycles. The Labute approximate surface area is 127 Å². The zero-order valence-corrected chi connectivity index (χ0v) is 13.4. The summed E-state index contributed by atoms with van der Waals surface area (Å²) in [4.78, 5) is 0.305. The molecule has 0 amide bonds. The van der Waals surface area contributed by atoms with Gasteiger partial charge >= 0.3 is 0 Å². The van der Waals surface area contributed by atoms with Crippen LogP contribution in [0.4, 0.5) is 0 Å². The van der Waals surface area contributed by atoms with Gasteiger partial charge in [0.15, 0.2) is 0 Å². The normalized spacial score (nSPS) is 13.1. The van der Waals surface area contributed by atoms with E-state index in [1.165, 1.54) is 0 Å². The van der Waals surface area contributed by atoms with E-state index in [0.717, 1.165) is 16.7 Å². The molecule has 0 aromatic heterocycles. The Kier molecular flexibility index (Phi) is 4.80. The molecule has 0 radical (unpaired) electrons. The highest BCUT2D eigenvalue weighted by Crippen LogP contribution is 2.21. The number of rotatable bonds is 5. The first-order valence-corrected chi connectivity index (χ1v) is 8.56. The zero-order chi connectivity index (χ0) is 15.5. The van der Waals surface area contributed by atoms with Crippen molar-refractivity contribution in [3.63, 3.8) is 0 Å². The van der Waals surface area contributed by atoms with Crippen molar-refractivity contribution in [3.05, 3.63) is 65.2 Å². The van der Waals surface area contributed by atoms with E-state index < -0.39 is 10.0 Å². The van der Waals surface area contributed by atoms with Gasteiger partial charge in [-0.3, -0.25) is 0 Å². The van der Waals surface area contributed by atoms with E-state index in [-0.39, 0.29) is 6.04 Å². The van der Waals surface area contributed by atoms with Crippen molar-refractivity contribution in [1.82, 2.24) is 4.72 Å². The summed E-state index contributed by atoms with van der Waals surface area (Å²) in [6.07, 6.45) is 0.703. The van der Waals surface area contributed by atoms with Crippen LogP contribution in [0.5, 0.6) is 0 Å². The molecule has 2 aromatic carbocycles. The predicted octanol–water partition coefficient (Wildman–Crippen LogP) is 3.73. The zero-order valence-electron chi connectivity index (χ0n) is 12.6. The molecule has 21 heavy (non-hydrogen) atoms. The van der Waals surface area contributed by atoms with Gasteiger partial charge in [-0.05, 0) is 38.0 Å². The molecule has 2 rings (SSSR count). The Balaban J connectivity index is 2.27. The van der Waals surface area contributed by atoms with Crippen molar-refractivity contribution in [2.24, 2.45) is 0 Å². The van der Waals surface area contributed by atoms with Gasteiger partial charge in [-0.25, -0.2) is 13.1 Å². The first-order valence-electron chi connectivity index (χ1n) is 7.08. The van der Waals surface area contributed by atoms with E-state index in [1.54, 1.807) is 12.1 Å². The summed E-state index contributed by atoms with van der Waals surface area (Å²) < 4.78 is 27.7. The summed E-state index contributed by atoms with van der Waals surface area (Å²) >= 11 is 0. The lowest BCUT2D eigenvalue weighted by Crippen LogP contribution is -2.28. The summed E-state index contributed by atoms with van der Waals surface area (Å²) in [6.45, 7) is 5.92.